The van der Waals surface area contributed by atoms with Gasteiger partial charge in [-0.3, -0.25) is 9.59 Å². The molecule has 6 rings (SSSR count). The maximum absolute atomic E-state index is 14.2. The number of ketones is 1. The number of carbonyl (C=O) groups is 2. The number of nitrogens with two attached hydrogens (primary N) is 3. The van der Waals surface area contributed by atoms with Crippen molar-refractivity contribution in [2.75, 3.05) is 18.8 Å². The van der Waals surface area contributed by atoms with Crippen LogP contribution in [0.1, 0.15) is 57.7 Å². The van der Waals surface area contributed by atoms with Crippen LogP contribution in [0.4, 0.5) is 10.1 Å². The monoisotopic (exact) mass is 599 g/mol. The van der Waals surface area contributed by atoms with Crippen LogP contribution in [0.25, 0.3) is 10.1 Å². The molecule has 3 aromatic carbocycles. The summed E-state index contributed by atoms with van der Waals surface area (Å²) in [6.07, 6.45) is 3.04. The van der Waals surface area contributed by atoms with Gasteiger partial charge in [-0.2, -0.15) is 0 Å². The third-order valence-electron chi connectivity index (χ3n) is 8.27. The van der Waals surface area contributed by atoms with Gasteiger partial charge in [0.25, 0.3) is 5.91 Å². The van der Waals surface area contributed by atoms with Gasteiger partial charge in [0.15, 0.2) is 5.78 Å². The topological polar surface area (TPSA) is 137 Å². The second-order valence-corrected chi connectivity index (χ2v) is 12.3. The molecule has 7 N–H and O–H groups in total. The first kappa shape index (κ1) is 28.9. The second-order valence-electron chi connectivity index (χ2n) is 11.3. The summed E-state index contributed by atoms with van der Waals surface area (Å²) in [7, 11) is 0. The van der Waals surface area contributed by atoms with E-state index in [2.05, 4.69) is 5.32 Å². The number of amides is 1. The van der Waals surface area contributed by atoms with Crippen molar-refractivity contribution in [2.24, 2.45) is 11.5 Å². The molecule has 4 aromatic rings. The Balaban J connectivity index is 1.39. The van der Waals surface area contributed by atoms with Gasteiger partial charge in [-0.25, -0.2) is 4.39 Å². The molecule has 10 heteroatoms. The predicted octanol–water partition coefficient (Wildman–Crippen LogP) is 5.39. The number of Topliss-reactive ketones (excluding diaryl/α,β-unsaturated/α-hetero) is 1. The lowest BCUT2D eigenvalue weighted by atomic mass is 9.69. The van der Waals surface area contributed by atoms with Crippen molar-refractivity contribution in [3.63, 3.8) is 0 Å². The van der Waals surface area contributed by atoms with Crippen LogP contribution >= 0.6 is 11.3 Å². The van der Waals surface area contributed by atoms with Gasteiger partial charge in [-0.1, -0.05) is 30.3 Å². The molecule has 0 radical (unpaired) electrons. The summed E-state index contributed by atoms with van der Waals surface area (Å²) in [5.74, 6) is 0.273. The van der Waals surface area contributed by atoms with E-state index in [1.54, 1.807) is 24.3 Å². The Morgan fingerprint density at radius 2 is 1.88 bits per heavy atom. The van der Waals surface area contributed by atoms with E-state index in [1.165, 1.54) is 24.5 Å². The van der Waals surface area contributed by atoms with Gasteiger partial charge in [0.2, 0.25) is 0 Å². The molecule has 222 valence electrons. The number of ether oxygens (including phenoxy) is 1. The third-order valence-corrected chi connectivity index (χ3v) is 9.52. The van der Waals surface area contributed by atoms with Crippen LogP contribution in [0, 0.1) is 6.92 Å². The number of hydrogen-bond donors (Lipinski definition) is 4. The summed E-state index contributed by atoms with van der Waals surface area (Å²) in [6.45, 7) is 4.49. The SMILES string of the molecule is CC(F)=CN1CCCC(NC(=O)c2sc3c(N)ccc4c3c2C(N)C(=O)C4(N)c2ccc(Oc3ccccc3)cc2C)C1. The normalized spacial score (nSPS) is 22.1. The molecule has 43 heavy (non-hydrogen) atoms. The lowest BCUT2D eigenvalue weighted by Gasteiger charge is -2.37. The molecule has 0 spiro atoms. The fraction of sp³-hybridized carbons (Fsp3) is 0.273. The van der Waals surface area contributed by atoms with Crippen LogP contribution in [-0.2, 0) is 10.3 Å². The summed E-state index contributed by atoms with van der Waals surface area (Å²) in [6, 6.07) is 17.0. The average molecular weight is 600 g/mol. The number of nitrogen functional groups attached to an aromatic ring is 1. The fourth-order valence-electron chi connectivity index (χ4n) is 6.34. The summed E-state index contributed by atoms with van der Waals surface area (Å²) in [5.41, 5.74) is 21.4. The second kappa shape index (κ2) is 11.1. The minimum atomic E-state index is -1.57. The molecule has 0 bridgehead atoms. The highest BCUT2D eigenvalue weighted by Gasteiger charge is 2.49. The van der Waals surface area contributed by atoms with Crippen molar-refractivity contribution in [2.45, 2.75) is 44.3 Å². The first-order valence-electron chi connectivity index (χ1n) is 14.2. The Morgan fingerprint density at radius 1 is 1.14 bits per heavy atom. The number of carbonyl (C=O) groups excluding carboxylic acids is 2. The average Bonchev–Trinajstić information content (AvgIpc) is 3.38. The number of nitrogens with zero attached hydrogens (tertiary/aromatic N) is 1. The minimum absolute atomic E-state index is 0.186. The molecule has 2 aliphatic rings. The highest BCUT2D eigenvalue weighted by atomic mass is 32.1. The van der Waals surface area contributed by atoms with Crippen molar-refractivity contribution >= 4 is 38.8 Å². The number of aryl methyl sites for hydroxylation is 1. The highest BCUT2D eigenvalue weighted by Crippen LogP contribution is 2.50. The molecular formula is C33H34FN5O3S. The Hall–Kier alpha value is -4.25. The number of hydrogen-bond acceptors (Lipinski definition) is 8. The standard InChI is InChI=1S/C33H34FN5O3S/c1-18-15-22(42-21-8-4-3-5-9-21)10-11-23(18)33(37)24-12-13-25(35)29-26(24)27(28(36)31(33)40)30(43-29)32(41)38-20-7-6-14-39(17-20)16-19(2)34/h3-5,8-13,15-16,20,28H,6-7,14,17,35-37H2,1-2H3,(H,38,41). The Labute approximate surface area is 253 Å². The van der Waals surface area contributed by atoms with Gasteiger partial charge in [-0.05, 0) is 73.7 Å². The van der Waals surface area contributed by atoms with Gasteiger partial charge in [0.05, 0.1) is 15.6 Å². The number of halogens is 1. The van der Waals surface area contributed by atoms with Gasteiger partial charge in [0.1, 0.15) is 22.9 Å². The zero-order chi connectivity index (χ0) is 30.5. The van der Waals surface area contributed by atoms with E-state index in [0.717, 1.165) is 24.9 Å². The highest BCUT2D eigenvalue weighted by molar-refractivity contribution is 7.21. The van der Waals surface area contributed by atoms with Gasteiger partial charge in [0, 0.05) is 42.0 Å². The lowest BCUT2D eigenvalue weighted by Crippen LogP contribution is -2.53. The Kier molecular flexibility index (Phi) is 7.45. The maximum Gasteiger partial charge on any atom is 0.262 e. The van der Waals surface area contributed by atoms with E-state index in [9.17, 15) is 14.0 Å². The molecule has 1 aliphatic carbocycles. The van der Waals surface area contributed by atoms with E-state index < -0.39 is 17.4 Å². The molecule has 0 saturated carbocycles. The molecule has 1 aromatic heterocycles. The van der Waals surface area contributed by atoms with Gasteiger partial charge >= 0.3 is 0 Å². The largest absolute Gasteiger partial charge is 0.457 e. The number of piperidine rings is 1. The number of para-hydroxylation sites is 1. The number of allylic oxidation sites excluding steroid dienone is 1. The number of thiophene rings is 1. The number of nitrogens with one attached hydrogen (secondary N) is 1. The summed E-state index contributed by atoms with van der Waals surface area (Å²) >= 11 is 1.22. The fourth-order valence-corrected chi connectivity index (χ4v) is 7.54. The zero-order valence-corrected chi connectivity index (χ0v) is 24.8. The van der Waals surface area contributed by atoms with Crippen LogP contribution in [0.2, 0.25) is 0 Å². The van der Waals surface area contributed by atoms with Crippen LogP contribution in [-0.4, -0.2) is 35.7 Å². The number of anilines is 1. The number of rotatable bonds is 6. The predicted molar refractivity (Wildman–Crippen MR) is 168 cm³/mol. The summed E-state index contributed by atoms with van der Waals surface area (Å²) < 4.78 is 20.2. The molecule has 3 atom stereocenters. The van der Waals surface area contributed by atoms with E-state index in [-0.39, 0.29) is 17.8 Å². The Morgan fingerprint density at radius 3 is 2.60 bits per heavy atom. The first-order chi connectivity index (χ1) is 20.6. The molecule has 1 saturated heterocycles. The van der Waals surface area contributed by atoms with Crippen LogP contribution in [0.3, 0.4) is 0 Å². The van der Waals surface area contributed by atoms with Crippen molar-refractivity contribution in [3.8, 4) is 11.5 Å². The molecular weight excluding hydrogens is 565 g/mol. The van der Waals surface area contributed by atoms with Crippen molar-refractivity contribution < 1.29 is 18.7 Å². The van der Waals surface area contributed by atoms with Crippen LogP contribution in [0.5, 0.6) is 11.5 Å². The van der Waals surface area contributed by atoms with Gasteiger partial charge in [-0.15, -0.1) is 11.3 Å². The lowest BCUT2D eigenvalue weighted by molar-refractivity contribution is -0.124. The number of benzene rings is 3. The van der Waals surface area contributed by atoms with Crippen LogP contribution < -0.4 is 27.3 Å². The van der Waals surface area contributed by atoms with Crippen molar-refractivity contribution in [1.29, 1.82) is 0 Å². The molecule has 1 fully saturated rings. The van der Waals surface area contributed by atoms with Crippen molar-refractivity contribution in [3.05, 3.63) is 99.8 Å². The van der Waals surface area contributed by atoms with E-state index in [4.69, 9.17) is 21.9 Å². The van der Waals surface area contributed by atoms with Gasteiger partial charge < -0.3 is 32.2 Å². The molecule has 1 aliphatic heterocycles. The molecule has 8 nitrogen and oxygen atoms in total. The summed E-state index contributed by atoms with van der Waals surface area (Å²) in [4.78, 5) is 30.1. The van der Waals surface area contributed by atoms with E-state index in [0.29, 0.717) is 55.4 Å². The quantitative estimate of drug-likeness (QED) is 0.218. The first-order valence-corrected chi connectivity index (χ1v) is 15.1. The maximum atomic E-state index is 14.2. The molecule has 3 unspecified atom stereocenters. The van der Waals surface area contributed by atoms with E-state index in [1.807, 2.05) is 48.2 Å². The Bertz CT molecular complexity index is 1770. The third kappa shape index (κ3) is 5.05. The van der Waals surface area contributed by atoms with E-state index >= 15 is 0 Å². The number of likely N-dealkylation sites (tertiary alicyclic amines) is 1. The smallest absolute Gasteiger partial charge is 0.262 e. The zero-order valence-electron chi connectivity index (χ0n) is 24.0. The van der Waals surface area contributed by atoms with Crippen molar-refractivity contribution in [1.82, 2.24) is 10.2 Å². The minimum Gasteiger partial charge on any atom is -0.457 e. The molecule has 2 heterocycles. The van der Waals surface area contributed by atoms with Crippen LogP contribution in [0.15, 0.2) is 72.7 Å². The molecule has 1 amide bonds. The summed E-state index contributed by atoms with van der Waals surface area (Å²) in [5, 5.41) is 3.73.